The number of carboxylic acids is 1. The number of Topliss-reactive ketones (excluding diaryl/α,β-unsaturated/α-hetero) is 1. The Morgan fingerprint density at radius 2 is 2.25 bits per heavy atom. The highest BCUT2D eigenvalue weighted by Crippen LogP contribution is 2.54. The molecular formula is C9H12O3. The van der Waals surface area contributed by atoms with Crippen LogP contribution in [0.1, 0.15) is 32.1 Å². The van der Waals surface area contributed by atoms with E-state index in [-0.39, 0.29) is 11.7 Å². The van der Waals surface area contributed by atoms with E-state index in [1.165, 1.54) is 0 Å². The van der Waals surface area contributed by atoms with E-state index in [4.69, 9.17) is 5.11 Å². The summed E-state index contributed by atoms with van der Waals surface area (Å²) in [4.78, 5) is 22.2. The standard InChI is InChI=1S/C9H12O3/c10-7-2-1-4-9(8(11)12)5-3-6(7)9/h6H,1-5H2,(H,11,12)/t6-,9+/m0/s1. The van der Waals surface area contributed by atoms with Crippen molar-refractivity contribution in [3.05, 3.63) is 0 Å². The second kappa shape index (κ2) is 2.31. The number of hydrogen-bond acceptors (Lipinski definition) is 2. The number of carbonyl (C=O) groups is 2. The third-order valence-corrected chi connectivity index (χ3v) is 3.41. The van der Waals surface area contributed by atoms with Crippen molar-refractivity contribution in [1.82, 2.24) is 0 Å². The monoisotopic (exact) mass is 168 g/mol. The van der Waals surface area contributed by atoms with Crippen LogP contribution in [-0.4, -0.2) is 16.9 Å². The van der Waals surface area contributed by atoms with Gasteiger partial charge in [0.1, 0.15) is 5.78 Å². The van der Waals surface area contributed by atoms with Gasteiger partial charge >= 0.3 is 5.97 Å². The third kappa shape index (κ3) is 0.765. The number of aliphatic carboxylic acids is 1. The molecule has 0 aromatic carbocycles. The summed E-state index contributed by atoms with van der Waals surface area (Å²) in [7, 11) is 0. The molecule has 2 aliphatic rings. The van der Waals surface area contributed by atoms with Gasteiger partial charge in [0.25, 0.3) is 0 Å². The molecule has 12 heavy (non-hydrogen) atoms. The zero-order chi connectivity index (χ0) is 8.77. The minimum absolute atomic E-state index is 0.149. The van der Waals surface area contributed by atoms with Crippen LogP contribution in [0.15, 0.2) is 0 Å². The van der Waals surface area contributed by atoms with Gasteiger partial charge in [0.2, 0.25) is 0 Å². The molecule has 0 aliphatic heterocycles. The maximum absolute atomic E-state index is 11.3. The zero-order valence-corrected chi connectivity index (χ0v) is 6.88. The lowest BCUT2D eigenvalue weighted by atomic mass is 9.53. The molecule has 0 saturated heterocycles. The van der Waals surface area contributed by atoms with Crippen molar-refractivity contribution in [3.63, 3.8) is 0 Å². The van der Waals surface area contributed by atoms with E-state index in [0.29, 0.717) is 19.3 Å². The molecule has 0 amide bonds. The fraction of sp³-hybridized carbons (Fsp3) is 0.778. The average Bonchev–Trinajstić information content (AvgIpc) is 1.92. The Bertz CT molecular complexity index is 244. The average molecular weight is 168 g/mol. The molecule has 0 heterocycles. The Morgan fingerprint density at radius 1 is 1.50 bits per heavy atom. The van der Waals surface area contributed by atoms with Gasteiger partial charge in [-0.25, -0.2) is 0 Å². The highest BCUT2D eigenvalue weighted by atomic mass is 16.4. The molecule has 0 unspecified atom stereocenters. The van der Waals surface area contributed by atoms with Crippen molar-refractivity contribution in [3.8, 4) is 0 Å². The van der Waals surface area contributed by atoms with E-state index >= 15 is 0 Å². The summed E-state index contributed by atoms with van der Waals surface area (Å²) in [5, 5.41) is 8.98. The van der Waals surface area contributed by atoms with E-state index in [9.17, 15) is 9.59 Å². The Balaban J connectivity index is 2.25. The second-order valence-electron chi connectivity index (χ2n) is 3.87. The van der Waals surface area contributed by atoms with Crippen molar-refractivity contribution in [2.45, 2.75) is 32.1 Å². The number of carboxylic acid groups (broad SMARTS) is 1. The van der Waals surface area contributed by atoms with Crippen molar-refractivity contribution in [1.29, 1.82) is 0 Å². The van der Waals surface area contributed by atoms with Gasteiger partial charge in [0, 0.05) is 12.3 Å². The molecule has 0 aromatic heterocycles. The van der Waals surface area contributed by atoms with Gasteiger partial charge in [0.15, 0.2) is 0 Å². The van der Waals surface area contributed by atoms with E-state index in [0.717, 1.165) is 12.8 Å². The van der Waals surface area contributed by atoms with Crippen molar-refractivity contribution in [2.75, 3.05) is 0 Å². The zero-order valence-electron chi connectivity index (χ0n) is 6.88. The Hall–Kier alpha value is -0.860. The molecule has 2 saturated carbocycles. The lowest BCUT2D eigenvalue weighted by molar-refractivity contribution is -0.170. The van der Waals surface area contributed by atoms with Gasteiger partial charge in [-0.15, -0.1) is 0 Å². The van der Waals surface area contributed by atoms with E-state index < -0.39 is 11.4 Å². The summed E-state index contributed by atoms with van der Waals surface area (Å²) in [6.07, 6.45) is 3.57. The molecule has 2 rings (SSSR count). The molecule has 2 aliphatic carbocycles. The van der Waals surface area contributed by atoms with Crippen LogP contribution in [0, 0.1) is 11.3 Å². The summed E-state index contributed by atoms with van der Waals surface area (Å²) in [6, 6.07) is 0. The van der Waals surface area contributed by atoms with Crippen LogP contribution in [0.5, 0.6) is 0 Å². The van der Waals surface area contributed by atoms with Gasteiger partial charge in [-0.3, -0.25) is 9.59 Å². The number of rotatable bonds is 1. The summed E-state index contributed by atoms with van der Waals surface area (Å²) < 4.78 is 0. The molecule has 3 nitrogen and oxygen atoms in total. The first-order valence-corrected chi connectivity index (χ1v) is 4.43. The van der Waals surface area contributed by atoms with Gasteiger partial charge in [-0.2, -0.15) is 0 Å². The smallest absolute Gasteiger partial charge is 0.310 e. The molecule has 2 fully saturated rings. The maximum Gasteiger partial charge on any atom is 0.310 e. The minimum Gasteiger partial charge on any atom is -0.481 e. The summed E-state index contributed by atoms with van der Waals surface area (Å²) >= 11 is 0. The molecule has 0 aromatic rings. The van der Waals surface area contributed by atoms with Crippen LogP contribution in [0.3, 0.4) is 0 Å². The van der Waals surface area contributed by atoms with Crippen LogP contribution in [0.25, 0.3) is 0 Å². The molecule has 0 radical (unpaired) electrons. The molecule has 2 atom stereocenters. The Morgan fingerprint density at radius 3 is 2.67 bits per heavy atom. The fourth-order valence-corrected chi connectivity index (χ4v) is 2.52. The normalized spacial score (nSPS) is 40.0. The molecule has 3 heteroatoms. The first-order valence-electron chi connectivity index (χ1n) is 4.43. The van der Waals surface area contributed by atoms with Gasteiger partial charge in [-0.1, -0.05) is 0 Å². The topological polar surface area (TPSA) is 54.4 Å². The first kappa shape index (κ1) is 7.77. The quantitative estimate of drug-likeness (QED) is 0.640. The van der Waals surface area contributed by atoms with Crippen LogP contribution >= 0.6 is 0 Å². The fourth-order valence-electron chi connectivity index (χ4n) is 2.52. The molecule has 0 spiro atoms. The maximum atomic E-state index is 11.3. The highest BCUT2D eigenvalue weighted by molar-refractivity contribution is 5.91. The second-order valence-corrected chi connectivity index (χ2v) is 3.87. The van der Waals surface area contributed by atoms with E-state index in [1.54, 1.807) is 0 Å². The third-order valence-electron chi connectivity index (χ3n) is 3.41. The van der Waals surface area contributed by atoms with Crippen LogP contribution in [-0.2, 0) is 9.59 Å². The number of fused-ring (bicyclic) bond motifs is 1. The number of hydrogen-bond donors (Lipinski definition) is 1. The van der Waals surface area contributed by atoms with Gasteiger partial charge in [-0.05, 0) is 25.7 Å². The molecular weight excluding hydrogens is 156 g/mol. The molecule has 66 valence electrons. The summed E-state index contributed by atoms with van der Waals surface area (Å²) in [5.41, 5.74) is -0.644. The van der Waals surface area contributed by atoms with Gasteiger partial charge in [0.05, 0.1) is 5.41 Å². The molecule has 0 bridgehead atoms. The first-order chi connectivity index (χ1) is 5.67. The Kier molecular flexibility index (Phi) is 1.50. The predicted octanol–water partition coefficient (Wildman–Crippen LogP) is 1.22. The van der Waals surface area contributed by atoms with Crippen molar-refractivity contribution >= 4 is 11.8 Å². The summed E-state index contributed by atoms with van der Waals surface area (Å²) in [6.45, 7) is 0. The number of ketones is 1. The lowest BCUT2D eigenvalue weighted by Gasteiger charge is -2.48. The van der Waals surface area contributed by atoms with Crippen molar-refractivity contribution in [2.24, 2.45) is 11.3 Å². The minimum atomic E-state index is -0.758. The summed E-state index contributed by atoms with van der Waals surface area (Å²) in [5.74, 6) is -0.731. The van der Waals surface area contributed by atoms with Crippen LogP contribution in [0.4, 0.5) is 0 Å². The Labute approximate surface area is 70.8 Å². The van der Waals surface area contributed by atoms with Crippen LogP contribution in [0.2, 0.25) is 0 Å². The lowest BCUT2D eigenvalue weighted by Crippen LogP contribution is -2.52. The largest absolute Gasteiger partial charge is 0.481 e. The van der Waals surface area contributed by atoms with Gasteiger partial charge < -0.3 is 5.11 Å². The van der Waals surface area contributed by atoms with Crippen LogP contribution < -0.4 is 0 Å². The number of carbonyl (C=O) groups excluding carboxylic acids is 1. The highest BCUT2D eigenvalue weighted by Gasteiger charge is 2.57. The van der Waals surface area contributed by atoms with E-state index in [1.807, 2.05) is 0 Å². The molecule has 1 N–H and O–H groups in total. The van der Waals surface area contributed by atoms with E-state index in [2.05, 4.69) is 0 Å². The van der Waals surface area contributed by atoms with Crippen molar-refractivity contribution < 1.29 is 14.7 Å². The SMILES string of the molecule is O=C1CCC[C@@]2(C(=O)O)CC[C@@H]12. The predicted molar refractivity (Wildman–Crippen MR) is 41.7 cm³/mol.